The van der Waals surface area contributed by atoms with Crippen LogP contribution in [0.2, 0.25) is 0 Å². The first-order valence-corrected chi connectivity index (χ1v) is 11.1. The summed E-state index contributed by atoms with van der Waals surface area (Å²) in [5.41, 5.74) is 0. The van der Waals surface area contributed by atoms with E-state index in [1.807, 2.05) is 23.1 Å². The number of amides is 4. The Balaban J connectivity index is 1.18. The summed E-state index contributed by atoms with van der Waals surface area (Å²) in [6.07, 6.45) is 4.73. The first-order chi connectivity index (χ1) is 15.1. The van der Waals surface area contributed by atoms with Crippen LogP contribution in [-0.4, -0.2) is 79.1 Å². The molecule has 2 aliphatic heterocycles. The number of carbonyl (C=O) groups is 3. The van der Waals surface area contributed by atoms with E-state index in [1.165, 1.54) is 6.42 Å². The average molecular weight is 431 g/mol. The number of carbonyl (C=O) groups excluding carboxylic acids is 3. The van der Waals surface area contributed by atoms with Crippen LogP contribution >= 0.6 is 0 Å². The summed E-state index contributed by atoms with van der Waals surface area (Å²) in [6.45, 7) is 2.45. The van der Waals surface area contributed by atoms with E-state index in [-0.39, 0.29) is 31.0 Å². The lowest BCUT2D eigenvalue weighted by atomic mass is 9.96. The van der Waals surface area contributed by atoms with Crippen molar-refractivity contribution >= 4 is 17.8 Å². The second kappa shape index (κ2) is 10.00. The molecule has 2 heterocycles. The zero-order chi connectivity index (χ0) is 21.6. The molecule has 1 aromatic rings. The molecular weight excluding hydrogens is 400 g/mol. The number of rotatable bonds is 4. The highest BCUT2D eigenvalue weighted by molar-refractivity contribution is 5.95. The summed E-state index contributed by atoms with van der Waals surface area (Å²) in [5.74, 6) is 0.794. The van der Waals surface area contributed by atoms with Gasteiger partial charge in [-0.05, 0) is 25.0 Å². The maximum absolute atomic E-state index is 12.8. The van der Waals surface area contributed by atoms with Crippen molar-refractivity contribution in [3.05, 3.63) is 24.3 Å². The summed E-state index contributed by atoms with van der Waals surface area (Å²) in [5, 5.41) is 5.31. The maximum atomic E-state index is 12.8. The second-order valence-corrected chi connectivity index (χ2v) is 8.32. The molecule has 31 heavy (non-hydrogen) atoms. The molecule has 0 radical (unpaired) electrons. The highest BCUT2D eigenvalue weighted by Gasteiger charge is 2.33. The van der Waals surface area contributed by atoms with E-state index in [2.05, 4.69) is 10.6 Å². The Hall–Kier alpha value is -2.81. The van der Waals surface area contributed by atoms with Crippen LogP contribution in [0.25, 0.3) is 0 Å². The molecule has 1 saturated carbocycles. The van der Waals surface area contributed by atoms with Crippen LogP contribution in [0.1, 0.15) is 32.1 Å². The van der Waals surface area contributed by atoms with Gasteiger partial charge in [-0.2, -0.15) is 0 Å². The molecule has 4 rings (SSSR count). The minimum Gasteiger partial charge on any atom is -0.485 e. The number of piperazine rings is 1. The number of urea groups is 1. The van der Waals surface area contributed by atoms with Gasteiger partial charge in [0.1, 0.15) is 6.61 Å². The fourth-order valence-corrected chi connectivity index (χ4v) is 4.31. The molecule has 2 fully saturated rings. The normalized spacial score (nSPS) is 21.9. The lowest BCUT2D eigenvalue weighted by Crippen LogP contribution is -2.56. The standard InChI is InChI=1S/C22H30N4O5/c27-20(24-22(29)23-16-6-2-1-3-7-16)14-25-10-12-26(13-11-25)21(28)19-15-30-17-8-4-5-9-18(17)31-19/h4-5,8-9,16,19H,1-3,6-7,10-15H2,(H2,23,24,27,29). The van der Waals surface area contributed by atoms with Crippen molar-refractivity contribution in [1.82, 2.24) is 20.4 Å². The predicted octanol–water partition coefficient (Wildman–Crippen LogP) is 1.13. The third kappa shape index (κ3) is 5.66. The maximum Gasteiger partial charge on any atom is 0.321 e. The summed E-state index contributed by atoms with van der Waals surface area (Å²) in [6, 6.07) is 7.05. The minimum absolute atomic E-state index is 0.106. The van der Waals surface area contributed by atoms with Crippen molar-refractivity contribution in [3.63, 3.8) is 0 Å². The number of nitrogens with zero attached hydrogens (tertiary/aromatic N) is 2. The smallest absolute Gasteiger partial charge is 0.321 e. The van der Waals surface area contributed by atoms with E-state index in [0.29, 0.717) is 37.7 Å². The van der Waals surface area contributed by atoms with Gasteiger partial charge < -0.3 is 19.7 Å². The third-order valence-corrected chi connectivity index (χ3v) is 6.03. The quantitative estimate of drug-likeness (QED) is 0.743. The SMILES string of the molecule is O=C(CN1CCN(C(=O)C2COc3ccccc3O2)CC1)NC(=O)NC1CCCCC1. The number of imide groups is 1. The van der Waals surface area contributed by atoms with Gasteiger partial charge in [-0.3, -0.25) is 19.8 Å². The van der Waals surface area contributed by atoms with Gasteiger partial charge in [0.15, 0.2) is 11.5 Å². The fraction of sp³-hybridized carbons (Fsp3) is 0.591. The van der Waals surface area contributed by atoms with E-state index in [4.69, 9.17) is 9.47 Å². The predicted molar refractivity (Wildman–Crippen MR) is 113 cm³/mol. The fourth-order valence-electron chi connectivity index (χ4n) is 4.31. The lowest BCUT2D eigenvalue weighted by molar-refractivity contribution is -0.143. The van der Waals surface area contributed by atoms with Crippen LogP contribution < -0.4 is 20.1 Å². The topological polar surface area (TPSA) is 100 Å². The van der Waals surface area contributed by atoms with Crippen LogP contribution in [0, 0.1) is 0 Å². The van der Waals surface area contributed by atoms with Crippen molar-refractivity contribution in [2.24, 2.45) is 0 Å². The monoisotopic (exact) mass is 430 g/mol. The number of benzene rings is 1. The van der Waals surface area contributed by atoms with E-state index >= 15 is 0 Å². The Labute approximate surface area is 182 Å². The van der Waals surface area contributed by atoms with Crippen molar-refractivity contribution in [3.8, 4) is 11.5 Å². The summed E-state index contributed by atoms with van der Waals surface area (Å²) in [7, 11) is 0. The number of hydrogen-bond acceptors (Lipinski definition) is 6. The molecule has 2 N–H and O–H groups in total. The highest BCUT2D eigenvalue weighted by atomic mass is 16.6. The highest BCUT2D eigenvalue weighted by Crippen LogP contribution is 2.31. The Morgan fingerprint density at radius 1 is 0.968 bits per heavy atom. The zero-order valence-corrected chi connectivity index (χ0v) is 17.7. The van der Waals surface area contributed by atoms with Crippen LogP contribution in [0.5, 0.6) is 11.5 Å². The Morgan fingerprint density at radius 3 is 2.42 bits per heavy atom. The Morgan fingerprint density at radius 2 is 1.68 bits per heavy atom. The summed E-state index contributed by atoms with van der Waals surface area (Å²) < 4.78 is 11.4. The number of ether oxygens (including phenoxy) is 2. The first kappa shape index (κ1) is 21.4. The lowest BCUT2D eigenvalue weighted by Gasteiger charge is -2.36. The van der Waals surface area contributed by atoms with Crippen molar-refractivity contribution in [2.45, 2.75) is 44.2 Å². The molecule has 1 aliphatic carbocycles. The molecule has 3 aliphatic rings. The van der Waals surface area contributed by atoms with Gasteiger partial charge in [0.05, 0.1) is 6.54 Å². The third-order valence-electron chi connectivity index (χ3n) is 6.03. The summed E-state index contributed by atoms with van der Waals surface area (Å²) in [4.78, 5) is 40.7. The van der Waals surface area contributed by atoms with Gasteiger partial charge in [-0.1, -0.05) is 31.4 Å². The number of nitrogens with one attached hydrogen (secondary N) is 2. The van der Waals surface area contributed by atoms with Gasteiger partial charge in [0, 0.05) is 32.2 Å². The average Bonchev–Trinajstić information content (AvgIpc) is 2.79. The van der Waals surface area contributed by atoms with Crippen LogP contribution in [0.3, 0.4) is 0 Å². The number of hydrogen-bond donors (Lipinski definition) is 2. The van der Waals surface area contributed by atoms with Gasteiger partial charge in [0.25, 0.3) is 5.91 Å². The molecule has 0 spiro atoms. The van der Waals surface area contributed by atoms with Gasteiger partial charge in [-0.15, -0.1) is 0 Å². The number of fused-ring (bicyclic) bond motifs is 1. The molecule has 168 valence electrons. The molecule has 1 atom stereocenters. The van der Waals surface area contributed by atoms with Gasteiger partial charge in [-0.25, -0.2) is 4.79 Å². The van der Waals surface area contributed by atoms with E-state index < -0.39 is 12.1 Å². The Bertz CT molecular complexity index is 803. The molecule has 1 saturated heterocycles. The molecule has 1 aromatic carbocycles. The van der Waals surface area contributed by atoms with Crippen LogP contribution in [-0.2, 0) is 9.59 Å². The van der Waals surface area contributed by atoms with Gasteiger partial charge in [0.2, 0.25) is 12.0 Å². The molecule has 9 nitrogen and oxygen atoms in total. The Kier molecular flexibility index (Phi) is 6.91. The second-order valence-electron chi connectivity index (χ2n) is 8.32. The number of para-hydroxylation sites is 2. The molecule has 4 amide bonds. The first-order valence-electron chi connectivity index (χ1n) is 11.1. The molecule has 1 unspecified atom stereocenters. The van der Waals surface area contributed by atoms with E-state index in [1.54, 1.807) is 11.0 Å². The molecule has 9 heteroatoms. The largest absolute Gasteiger partial charge is 0.485 e. The minimum atomic E-state index is -0.659. The summed E-state index contributed by atoms with van der Waals surface area (Å²) >= 11 is 0. The van der Waals surface area contributed by atoms with Crippen molar-refractivity contribution in [2.75, 3.05) is 39.3 Å². The van der Waals surface area contributed by atoms with E-state index in [0.717, 1.165) is 25.7 Å². The zero-order valence-electron chi connectivity index (χ0n) is 17.7. The molecule has 0 bridgehead atoms. The van der Waals surface area contributed by atoms with E-state index in [9.17, 15) is 14.4 Å². The van der Waals surface area contributed by atoms with Crippen molar-refractivity contribution < 1.29 is 23.9 Å². The molecular formula is C22H30N4O5. The van der Waals surface area contributed by atoms with Crippen molar-refractivity contribution in [1.29, 1.82) is 0 Å². The van der Waals surface area contributed by atoms with Gasteiger partial charge >= 0.3 is 6.03 Å². The molecule has 0 aromatic heterocycles. The van der Waals surface area contributed by atoms with Crippen LogP contribution in [0.4, 0.5) is 4.79 Å². The van der Waals surface area contributed by atoms with Crippen LogP contribution in [0.15, 0.2) is 24.3 Å².